The molecule has 0 bridgehead atoms. The fraction of sp³-hybridized carbons (Fsp3) is 0.615. The average Bonchev–Trinajstić information content (AvgIpc) is 2.67. The van der Waals surface area contributed by atoms with Gasteiger partial charge in [-0.25, -0.2) is 0 Å². The van der Waals surface area contributed by atoms with Crippen LogP contribution in [0.1, 0.15) is 31.4 Å². The van der Waals surface area contributed by atoms with Crippen LogP contribution in [-0.2, 0) is 16.6 Å². The van der Waals surface area contributed by atoms with Gasteiger partial charge in [-0.2, -0.15) is 5.10 Å². The van der Waals surface area contributed by atoms with Gasteiger partial charge in [0.05, 0.1) is 23.2 Å². The predicted octanol–water partition coefficient (Wildman–Crippen LogP) is 1.56. The highest BCUT2D eigenvalue weighted by atomic mass is 16.4. The van der Waals surface area contributed by atoms with E-state index < -0.39 is 17.8 Å². The highest BCUT2D eigenvalue weighted by Gasteiger charge is 2.35. The van der Waals surface area contributed by atoms with Gasteiger partial charge in [0.1, 0.15) is 0 Å². The molecule has 1 aromatic rings. The van der Waals surface area contributed by atoms with Crippen molar-refractivity contribution in [2.45, 2.75) is 32.6 Å². The number of aromatic nitrogens is 2. The highest BCUT2D eigenvalue weighted by molar-refractivity contribution is 5.95. The van der Waals surface area contributed by atoms with E-state index in [0.29, 0.717) is 18.5 Å². The Balaban J connectivity index is 2.09. The second kappa shape index (κ2) is 5.42. The second-order valence-corrected chi connectivity index (χ2v) is 5.13. The van der Waals surface area contributed by atoms with Crippen molar-refractivity contribution in [1.29, 1.82) is 0 Å². The van der Waals surface area contributed by atoms with Gasteiger partial charge in [-0.15, -0.1) is 0 Å². The smallest absolute Gasteiger partial charge is 0.307 e. The molecule has 0 aromatic carbocycles. The van der Waals surface area contributed by atoms with Crippen LogP contribution in [0.5, 0.6) is 0 Å². The summed E-state index contributed by atoms with van der Waals surface area (Å²) in [6.07, 6.45) is 4.74. The molecule has 1 amide bonds. The van der Waals surface area contributed by atoms with E-state index in [9.17, 15) is 14.7 Å². The Labute approximate surface area is 111 Å². The summed E-state index contributed by atoms with van der Waals surface area (Å²) in [4.78, 5) is 23.4. The van der Waals surface area contributed by atoms with Crippen molar-refractivity contribution in [1.82, 2.24) is 9.78 Å². The summed E-state index contributed by atoms with van der Waals surface area (Å²) in [5.74, 6) is -2.08. The number of carboxylic acids is 1. The molecule has 104 valence electrons. The Bertz CT molecular complexity index is 495. The van der Waals surface area contributed by atoms with Crippen molar-refractivity contribution in [2.24, 2.45) is 18.9 Å². The summed E-state index contributed by atoms with van der Waals surface area (Å²) < 4.78 is 1.63. The van der Waals surface area contributed by atoms with Gasteiger partial charge in [-0.3, -0.25) is 14.3 Å². The molecule has 2 unspecified atom stereocenters. The molecule has 6 heteroatoms. The molecule has 0 aliphatic heterocycles. The minimum Gasteiger partial charge on any atom is -0.481 e. The van der Waals surface area contributed by atoms with Gasteiger partial charge in [0.2, 0.25) is 5.91 Å². The first-order valence-electron chi connectivity index (χ1n) is 6.53. The summed E-state index contributed by atoms with van der Waals surface area (Å²) in [6.45, 7) is 1.81. The van der Waals surface area contributed by atoms with E-state index in [2.05, 4.69) is 10.4 Å². The van der Waals surface area contributed by atoms with Gasteiger partial charge in [-0.1, -0.05) is 12.8 Å². The molecular weight excluding hydrogens is 246 g/mol. The number of hydrogen-bond donors (Lipinski definition) is 2. The van der Waals surface area contributed by atoms with Gasteiger partial charge in [0.15, 0.2) is 0 Å². The summed E-state index contributed by atoms with van der Waals surface area (Å²) in [7, 11) is 1.78. The fourth-order valence-corrected chi connectivity index (χ4v) is 2.69. The molecule has 2 N–H and O–H groups in total. The lowest BCUT2D eigenvalue weighted by Crippen LogP contribution is -2.36. The number of aliphatic carboxylic acids is 1. The van der Waals surface area contributed by atoms with Crippen molar-refractivity contribution in [3.63, 3.8) is 0 Å². The first-order valence-corrected chi connectivity index (χ1v) is 6.53. The van der Waals surface area contributed by atoms with Crippen molar-refractivity contribution < 1.29 is 14.7 Å². The van der Waals surface area contributed by atoms with Crippen LogP contribution in [0.4, 0.5) is 5.69 Å². The molecular formula is C13H19N3O3. The van der Waals surface area contributed by atoms with Crippen LogP contribution in [0.3, 0.4) is 0 Å². The molecule has 1 aliphatic rings. The number of carbonyl (C=O) groups excluding carboxylic acids is 1. The third-order valence-corrected chi connectivity index (χ3v) is 3.69. The number of rotatable bonds is 3. The number of anilines is 1. The quantitative estimate of drug-likeness (QED) is 0.868. The summed E-state index contributed by atoms with van der Waals surface area (Å²) in [6, 6.07) is 0. The van der Waals surface area contributed by atoms with Gasteiger partial charge in [0.25, 0.3) is 0 Å². The summed E-state index contributed by atoms with van der Waals surface area (Å²) >= 11 is 0. The number of hydrogen-bond acceptors (Lipinski definition) is 3. The molecule has 1 saturated carbocycles. The lowest BCUT2D eigenvalue weighted by molar-refractivity contribution is -0.147. The van der Waals surface area contributed by atoms with Gasteiger partial charge in [-0.05, 0) is 19.8 Å². The number of carboxylic acid groups (broad SMARTS) is 1. The van der Waals surface area contributed by atoms with Gasteiger partial charge < -0.3 is 10.4 Å². The Morgan fingerprint density at radius 3 is 2.53 bits per heavy atom. The molecule has 19 heavy (non-hydrogen) atoms. The van der Waals surface area contributed by atoms with E-state index in [1.807, 2.05) is 6.92 Å². The molecule has 0 radical (unpaired) electrons. The van der Waals surface area contributed by atoms with Crippen LogP contribution in [0.25, 0.3) is 0 Å². The molecule has 2 rings (SSSR count). The Morgan fingerprint density at radius 2 is 2.00 bits per heavy atom. The molecule has 2 atom stereocenters. The topological polar surface area (TPSA) is 84.2 Å². The summed E-state index contributed by atoms with van der Waals surface area (Å²) in [5, 5.41) is 16.1. The highest BCUT2D eigenvalue weighted by Crippen LogP contribution is 2.31. The lowest BCUT2D eigenvalue weighted by atomic mass is 9.78. The molecule has 1 aromatic heterocycles. The number of carbonyl (C=O) groups is 2. The van der Waals surface area contributed by atoms with E-state index in [4.69, 9.17) is 0 Å². The zero-order chi connectivity index (χ0) is 14.0. The minimum atomic E-state index is -0.872. The maximum absolute atomic E-state index is 12.2. The van der Waals surface area contributed by atoms with Crippen LogP contribution in [-0.4, -0.2) is 26.8 Å². The average molecular weight is 265 g/mol. The molecule has 1 fully saturated rings. The van der Waals surface area contributed by atoms with E-state index in [1.165, 1.54) is 0 Å². The van der Waals surface area contributed by atoms with E-state index in [-0.39, 0.29) is 5.91 Å². The molecule has 6 nitrogen and oxygen atoms in total. The standard InChI is InChI=1S/C13H19N3O3/c1-8-11(7-16(2)15-8)14-12(17)9-5-3-4-6-10(9)13(18)19/h7,9-10H,3-6H2,1-2H3,(H,14,17)(H,18,19). The van der Waals surface area contributed by atoms with Crippen LogP contribution in [0, 0.1) is 18.8 Å². The zero-order valence-electron chi connectivity index (χ0n) is 11.2. The third kappa shape index (κ3) is 2.94. The Kier molecular flexibility index (Phi) is 3.87. The van der Waals surface area contributed by atoms with Crippen molar-refractivity contribution >= 4 is 17.6 Å². The van der Waals surface area contributed by atoms with Crippen molar-refractivity contribution in [2.75, 3.05) is 5.32 Å². The van der Waals surface area contributed by atoms with Gasteiger partial charge >= 0.3 is 5.97 Å². The van der Waals surface area contributed by atoms with Gasteiger partial charge in [0, 0.05) is 13.2 Å². The molecule has 1 heterocycles. The maximum Gasteiger partial charge on any atom is 0.307 e. The SMILES string of the molecule is Cc1nn(C)cc1NC(=O)C1CCCCC1C(=O)O. The van der Waals surface area contributed by atoms with Crippen LogP contribution in [0.2, 0.25) is 0 Å². The number of amides is 1. The van der Waals surface area contributed by atoms with Crippen molar-refractivity contribution in [3.05, 3.63) is 11.9 Å². The van der Waals surface area contributed by atoms with Crippen molar-refractivity contribution in [3.8, 4) is 0 Å². The zero-order valence-corrected chi connectivity index (χ0v) is 11.2. The van der Waals surface area contributed by atoms with E-state index >= 15 is 0 Å². The van der Waals surface area contributed by atoms with Crippen LogP contribution < -0.4 is 5.32 Å². The summed E-state index contributed by atoms with van der Waals surface area (Å²) in [5.41, 5.74) is 1.39. The predicted molar refractivity (Wildman–Crippen MR) is 69.7 cm³/mol. The molecule has 1 aliphatic carbocycles. The fourth-order valence-electron chi connectivity index (χ4n) is 2.69. The van der Waals surface area contributed by atoms with E-state index in [0.717, 1.165) is 18.5 Å². The normalized spacial score (nSPS) is 23.1. The molecule has 0 saturated heterocycles. The van der Waals surface area contributed by atoms with Crippen LogP contribution in [0.15, 0.2) is 6.20 Å². The lowest BCUT2D eigenvalue weighted by Gasteiger charge is -2.27. The minimum absolute atomic E-state index is 0.205. The Morgan fingerprint density at radius 1 is 1.37 bits per heavy atom. The largest absolute Gasteiger partial charge is 0.481 e. The first-order chi connectivity index (χ1) is 8.99. The molecule has 0 spiro atoms. The maximum atomic E-state index is 12.2. The number of aryl methyl sites for hydroxylation is 2. The first kappa shape index (κ1) is 13.6. The Hall–Kier alpha value is -1.85. The second-order valence-electron chi connectivity index (χ2n) is 5.13. The number of nitrogens with zero attached hydrogens (tertiary/aromatic N) is 2. The number of nitrogens with one attached hydrogen (secondary N) is 1. The monoisotopic (exact) mass is 265 g/mol. The van der Waals surface area contributed by atoms with E-state index in [1.54, 1.807) is 17.9 Å². The third-order valence-electron chi connectivity index (χ3n) is 3.69. The van der Waals surface area contributed by atoms with Crippen LogP contribution >= 0.6 is 0 Å².